The van der Waals surface area contributed by atoms with Crippen LogP contribution in [0.2, 0.25) is 0 Å². The summed E-state index contributed by atoms with van der Waals surface area (Å²) in [5.74, 6) is -2.59. The van der Waals surface area contributed by atoms with Crippen molar-refractivity contribution in [1.82, 2.24) is 10.6 Å². The third-order valence-corrected chi connectivity index (χ3v) is 7.60. The van der Waals surface area contributed by atoms with Crippen LogP contribution in [-0.4, -0.2) is 79.2 Å². The quantitative estimate of drug-likeness (QED) is 0.268. The lowest BCUT2D eigenvalue weighted by Gasteiger charge is -2.46. The Morgan fingerprint density at radius 3 is 1.52 bits per heavy atom. The van der Waals surface area contributed by atoms with E-state index in [9.17, 15) is 24.0 Å². The molecule has 0 bridgehead atoms. The second-order valence-electron chi connectivity index (χ2n) is 16.5. The zero-order chi connectivity index (χ0) is 35.4. The molecule has 1 heterocycles. The first-order valence-corrected chi connectivity index (χ1v) is 16.1. The fourth-order valence-electron chi connectivity index (χ4n) is 4.52. The monoisotopic (exact) mass is 655 g/mol. The Hall–Kier alpha value is -2.93. The maximum absolute atomic E-state index is 13.4. The van der Waals surface area contributed by atoms with Gasteiger partial charge in [0, 0.05) is 12.1 Å². The number of ether oxygens (including phenoxy) is 5. The highest BCUT2D eigenvalue weighted by atomic mass is 16.7. The molecule has 13 heteroatoms. The molecule has 13 nitrogen and oxygen atoms in total. The summed E-state index contributed by atoms with van der Waals surface area (Å²) in [4.78, 5) is 66.1. The van der Waals surface area contributed by atoms with Crippen molar-refractivity contribution < 1.29 is 47.7 Å². The van der Waals surface area contributed by atoms with Gasteiger partial charge in [-0.3, -0.25) is 19.2 Å². The van der Waals surface area contributed by atoms with Crippen LogP contribution in [-0.2, 0) is 42.9 Å². The van der Waals surface area contributed by atoms with Crippen molar-refractivity contribution in [3.63, 3.8) is 0 Å². The van der Waals surface area contributed by atoms with Crippen molar-refractivity contribution in [3.8, 4) is 0 Å². The minimum atomic E-state index is -1.46. The first-order valence-electron chi connectivity index (χ1n) is 16.1. The molecule has 4 N–H and O–H groups in total. The molecule has 1 aliphatic carbocycles. The van der Waals surface area contributed by atoms with E-state index in [2.05, 4.69) is 10.6 Å². The predicted octanol–water partition coefficient (Wildman–Crippen LogP) is 3.74. The van der Waals surface area contributed by atoms with Crippen molar-refractivity contribution in [2.45, 2.75) is 151 Å². The lowest BCUT2D eigenvalue weighted by molar-refractivity contribution is -0.262. The van der Waals surface area contributed by atoms with Gasteiger partial charge in [-0.1, -0.05) is 12.8 Å². The number of rotatable bonds is 7. The van der Waals surface area contributed by atoms with Crippen LogP contribution < -0.4 is 16.4 Å². The maximum Gasteiger partial charge on any atom is 0.317 e. The van der Waals surface area contributed by atoms with Gasteiger partial charge >= 0.3 is 29.9 Å². The second kappa shape index (κ2) is 14.9. The van der Waals surface area contributed by atoms with Crippen LogP contribution in [0, 0.1) is 21.7 Å². The predicted molar refractivity (Wildman–Crippen MR) is 169 cm³/mol. The van der Waals surface area contributed by atoms with Gasteiger partial charge in [0.15, 0.2) is 24.5 Å². The smallest absolute Gasteiger partial charge is 0.317 e. The molecule has 0 aromatic heterocycles. The fraction of sp³-hybridized carbons (Fsp3) is 0.848. The Labute approximate surface area is 273 Å². The molecule has 1 saturated heterocycles. The van der Waals surface area contributed by atoms with Crippen LogP contribution in [0.25, 0.3) is 0 Å². The van der Waals surface area contributed by atoms with Crippen molar-refractivity contribution >= 4 is 29.9 Å². The molecule has 1 saturated carbocycles. The van der Waals surface area contributed by atoms with E-state index in [1.54, 1.807) is 83.1 Å². The summed E-state index contributed by atoms with van der Waals surface area (Å²) >= 11 is 0. The molecule has 1 aliphatic heterocycles. The molecule has 264 valence electrons. The van der Waals surface area contributed by atoms with Gasteiger partial charge < -0.3 is 40.1 Å². The third kappa shape index (κ3) is 11.1. The number of amides is 2. The molecule has 0 aromatic rings. The maximum atomic E-state index is 13.4. The Bertz CT molecular complexity index is 1110. The standard InChI is InChI=1S/C33H57N3O10/c1-30(2,3)25(37)42-17-20-21(44-26(38)31(4,5)6)22(45-27(39)32(7,8)9)23(46-28(40)33(10,11)12)24(43-20)36-29(41)35-19-16-14-13-15-18(19)34/h18-24H,13-17,34H2,1-12H3,(H2,35,36,41)/t18-,19-,20-,21-,22+,23-,24-/m1/s1. The van der Waals surface area contributed by atoms with Gasteiger partial charge in [-0.2, -0.15) is 0 Å². The number of nitrogens with one attached hydrogen (secondary N) is 2. The summed E-state index contributed by atoms with van der Waals surface area (Å²) in [7, 11) is 0. The highest BCUT2D eigenvalue weighted by molar-refractivity contribution is 5.78. The van der Waals surface area contributed by atoms with Gasteiger partial charge in [-0.05, 0) is 95.9 Å². The molecule has 46 heavy (non-hydrogen) atoms. The van der Waals surface area contributed by atoms with E-state index in [4.69, 9.17) is 29.4 Å². The van der Waals surface area contributed by atoms with Crippen molar-refractivity contribution in [2.24, 2.45) is 27.4 Å². The van der Waals surface area contributed by atoms with Gasteiger partial charge in [-0.25, -0.2) is 4.79 Å². The van der Waals surface area contributed by atoms with Gasteiger partial charge in [0.2, 0.25) is 0 Å². The molecule has 0 aromatic carbocycles. The Morgan fingerprint density at radius 1 is 0.630 bits per heavy atom. The minimum absolute atomic E-state index is 0.243. The number of nitrogens with two attached hydrogens (primary N) is 1. The van der Waals surface area contributed by atoms with Gasteiger partial charge in [-0.15, -0.1) is 0 Å². The molecular formula is C33H57N3O10. The van der Waals surface area contributed by atoms with Crippen LogP contribution in [0.1, 0.15) is 109 Å². The lowest BCUT2D eigenvalue weighted by Crippen LogP contribution is -2.68. The average molecular weight is 656 g/mol. The molecular weight excluding hydrogens is 598 g/mol. The van der Waals surface area contributed by atoms with E-state index in [1.807, 2.05) is 0 Å². The number of esters is 4. The summed E-state index contributed by atoms with van der Waals surface area (Å²) in [5.41, 5.74) is 2.37. The summed E-state index contributed by atoms with van der Waals surface area (Å²) < 4.78 is 29.7. The first kappa shape index (κ1) is 39.2. The second-order valence-corrected chi connectivity index (χ2v) is 16.5. The Balaban J connectivity index is 2.63. The minimum Gasteiger partial charge on any atom is -0.462 e. The number of hydrogen-bond acceptors (Lipinski definition) is 11. The van der Waals surface area contributed by atoms with Gasteiger partial charge in [0.25, 0.3) is 0 Å². The van der Waals surface area contributed by atoms with Gasteiger partial charge in [0.1, 0.15) is 12.7 Å². The van der Waals surface area contributed by atoms with Gasteiger partial charge in [0.05, 0.1) is 21.7 Å². The first-order chi connectivity index (χ1) is 20.8. The zero-order valence-electron chi connectivity index (χ0n) is 29.7. The fourth-order valence-corrected chi connectivity index (χ4v) is 4.52. The molecule has 7 atom stereocenters. The van der Waals surface area contributed by atoms with E-state index < -0.39 is 88.8 Å². The van der Waals surface area contributed by atoms with E-state index in [1.165, 1.54) is 0 Å². The molecule has 0 radical (unpaired) electrons. The number of carbonyl (C=O) groups excluding carboxylic acids is 5. The molecule has 0 spiro atoms. The van der Waals surface area contributed by atoms with Crippen LogP contribution in [0.5, 0.6) is 0 Å². The summed E-state index contributed by atoms with van der Waals surface area (Å²) in [5, 5.41) is 5.58. The SMILES string of the molecule is CC(C)(C)C(=O)OC[C@H]1O[C@@H](NC(=O)N[C@@H]2CCCC[C@H]2N)[C@H](OC(=O)C(C)(C)C)[C@@H](OC(=O)C(C)(C)C)[C@@H]1OC(=O)C(C)(C)C. The molecule has 2 aliphatic rings. The highest BCUT2D eigenvalue weighted by Gasteiger charge is 2.55. The van der Waals surface area contributed by atoms with Crippen LogP contribution >= 0.6 is 0 Å². The Morgan fingerprint density at radius 2 is 1.07 bits per heavy atom. The lowest BCUT2D eigenvalue weighted by atomic mass is 9.91. The number of hydrogen-bond donors (Lipinski definition) is 3. The van der Waals surface area contributed by atoms with E-state index in [-0.39, 0.29) is 12.1 Å². The molecule has 0 unspecified atom stereocenters. The molecule has 2 amide bonds. The average Bonchev–Trinajstić information content (AvgIpc) is 2.89. The number of urea groups is 1. The van der Waals surface area contributed by atoms with Crippen molar-refractivity contribution in [3.05, 3.63) is 0 Å². The van der Waals surface area contributed by atoms with Crippen molar-refractivity contribution in [1.29, 1.82) is 0 Å². The van der Waals surface area contributed by atoms with Crippen LogP contribution in [0.3, 0.4) is 0 Å². The number of carbonyl (C=O) groups is 5. The normalized spacial score (nSPS) is 27.5. The molecule has 2 rings (SSSR count). The summed E-state index contributed by atoms with van der Waals surface area (Å²) in [6, 6.07) is -1.19. The van der Waals surface area contributed by atoms with E-state index >= 15 is 0 Å². The summed E-state index contributed by atoms with van der Waals surface area (Å²) in [6.45, 7) is 19.4. The van der Waals surface area contributed by atoms with Crippen LogP contribution in [0.4, 0.5) is 4.79 Å². The highest BCUT2D eigenvalue weighted by Crippen LogP contribution is 2.33. The third-order valence-electron chi connectivity index (χ3n) is 7.60. The topological polar surface area (TPSA) is 182 Å². The largest absolute Gasteiger partial charge is 0.462 e. The molecule has 2 fully saturated rings. The zero-order valence-corrected chi connectivity index (χ0v) is 29.7. The Kier molecular flexibility index (Phi) is 12.7. The van der Waals surface area contributed by atoms with E-state index in [0.29, 0.717) is 6.42 Å². The van der Waals surface area contributed by atoms with Crippen LogP contribution in [0.15, 0.2) is 0 Å². The summed E-state index contributed by atoms with van der Waals surface area (Å²) in [6.07, 6.45) is -3.66. The van der Waals surface area contributed by atoms with E-state index in [0.717, 1.165) is 19.3 Å². The van der Waals surface area contributed by atoms with Crippen molar-refractivity contribution in [2.75, 3.05) is 6.61 Å².